The molecule has 0 nitrogen and oxygen atoms in total. The van der Waals surface area contributed by atoms with Crippen molar-refractivity contribution >= 4 is 63.8 Å². The van der Waals surface area contributed by atoms with Crippen molar-refractivity contribution < 1.29 is 0 Å². The average Bonchev–Trinajstić information content (AvgIpc) is 3.57. The highest BCUT2D eigenvalue weighted by atomic mass is 32.1. The lowest BCUT2D eigenvalue weighted by molar-refractivity contribution is 0.661. The topological polar surface area (TPSA) is 0 Å². The summed E-state index contributed by atoms with van der Waals surface area (Å²) in [5.74, 6) is 0. The zero-order chi connectivity index (χ0) is 30.6. The molecule has 216 valence electrons. The second kappa shape index (κ2) is 9.39. The molecule has 0 unspecified atom stereocenters. The largest absolute Gasteiger partial charge is 0.135 e. The van der Waals surface area contributed by atoms with Gasteiger partial charge in [0.05, 0.1) is 0 Å². The summed E-state index contributed by atoms with van der Waals surface area (Å²) < 4.78 is 2.68. The van der Waals surface area contributed by atoms with Gasteiger partial charge in [0.1, 0.15) is 0 Å². The SMILES string of the molecule is CC1(C)c2ccccc2-c2cc3cccc(-c4c5ccccc5c(-c5ccc6sc7ccccc7c6c5)c5ccccc45)c3cc21. The number of thiophene rings is 1. The lowest BCUT2D eigenvalue weighted by Crippen LogP contribution is -2.14. The van der Waals surface area contributed by atoms with Crippen LogP contribution in [0.3, 0.4) is 0 Å². The maximum absolute atomic E-state index is 2.49. The van der Waals surface area contributed by atoms with Gasteiger partial charge in [-0.05, 0) is 107 Å². The molecule has 0 aliphatic heterocycles. The van der Waals surface area contributed by atoms with E-state index in [0.717, 1.165) is 0 Å². The Balaban J connectivity index is 1.29. The van der Waals surface area contributed by atoms with Gasteiger partial charge < -0.3 is 0 Å². The van der Waals surface area contributed by atoms with Gasteiger partial charge >= 0.3 is 0 Å². The Kier molecular flexibility index (Phi) is 5.31. The molecule has 46 heavy (non-hydrogen) atoms. The van der Waals surface area contributed by atoms with Crippen LogP contribution in [0.25, 0.3) is 85.9 Å². The number of rotatable bonds is 2. The highest BCUT2D eigenvalue weighted by Crippen LogP contribution is 2.52. The Bertz CT molecular complexity index is 2660. The molecule has 0 fully saturated rings. The van der Waals surface area contributed by atoms with Gasteiger partial charge in [0.2, 0.25) is 0 Å². The molecule has 0 radical (unpaired) electrons. The minimum Gasteiger partial charge on any atom is -0.135 e. The summed E-state index contributed by atoms with van der Waals surface area (Å²) in [5, 5.41) is 10.4. The summed E-state index contributed by atoms with van der Waals surface area (Å²) in [7, 11) is 0. The van der Waals surface area contributed by atoms with Crippen molar-refractivity contribution in [3.63, 3.8) is 0 Å². The van der Waals surface area contributed by atoms with Gasteiger partial charge in [0.25, 0.3) is 0 Å². The molecule has 0 bridgehead atoms. The zero-order valence-corrected chi connectivity index (χ0v) is 26.6. The molecular weight excluding hydrogens is 573 g/mol. The standard InChI is InChI=1S/C45H30S/c1-45(2)39-20-9-7-13-29(39)37-24-27-12-11-19-35(36(27)26-40(37)45)44-33-17-5-3-15-31(33)43(32-16-4-6-18-34(32)44)28-22-23-42-38(25-28)30-14-8-10-21-41(30)46-42/h3-26H,1-2H3. The van der Waals surface area contributed by atoms with Gasteiger partial charge in [-0.15, -0.1) is 11.3 Å². The van der Waals surface area contributed by atoms with Crippen LogP contribution in [0.2, 0.25) is 0 Å². The van der Waals surface area contributed by atoms with Crippen molar-refractivity contribution in [2.75, 3.05) is 0 Å². The molecule has 0 atom stereocenters. The summed E-state index contributed by atoms with van der Waals surface area (Å²) >= 11 is 1.88. The molecular formula is C45H30S. The van der Waals surface area contributed by atoms with Crippen LogP contribution in [0.1, 0.15) is 25.0 Å². The molecule has 8 aromatic carbocycles. The van der Waals surface area contributed by atoms with Crippen molar-refractivity contribution in [2.45, 2.75) is 19.3 Å². The predicted molar refractivity (Wildman–Crippen MR) is 200 cm³/mol. The monoisotopic (exact) mass is 602 g/mol. The highest BCUT2D eigenvalue weighted by molar-refractivity contribution is 7.25. The van der Waals surface area contributed by atoms with E-state index in [1.54, 1.807) is 0 Å². The second-order valence-electron chi connectivity index (χ2n) is 13.2. The molecule has 1 aliphatic rings. The molecule has 10 rings (SSSR count). The molecule has 1 heterocycles. The van der Waals surface area contributed by atoms with Gasteiger partial charge in [-0.3, -0.25) is 0 Å². The minimum atomic E-state index is -0.0499. The van der Waals surface area contributed by atoms with Crippen molar-refractivity contribution in [2.24, 2.45) is 0 Å². The fourth-order valence-corrected chi connectivity index (χ4v) is 9.39. The molecule has 1 aromatic heterocycles. The summed E-state index contributed by atoms with van der Waals surface area (Å²) in [6.45, 7) is 4.75. The number of hydrogen-bond acceptors (Lipinski definition) is 1. The van der Waals surface area contributed by atoms with Crippen LogP contribution >= 0.6 is 11.3 Å². The summed E-state index contributed by atoms with van der Waals surface area (Å²) in [6, 6.07) is 54.6. The van der Waals surface area contributed by atoms with Crippen LogP contribution in [-0.2, 0) is 5.41 Å². The van der Waals surface area contributed by atoms with E-state index in [-0.39, 0.29) is 5.41 Å². The number of hydrogen-bond donors (Lipinski definition) is 0. The average molecular weight is 603 g/mol. The Morgan fingerprint density at radius 1 is 0.391 bits per heavy atom. The van der Waals surface area contributed by atoms with Crippen LogP contribution < -0.4 is 0 Å². The molecule has 0 saturated heterocycles. The van der Waals surface area contributed by atoms with E-state index in [1.165, 1.54) is 97.0 Å². The van der Waals surface area contributed by atoms with Gasteiger partial charge in [-0.1, -0.05) is 129 Å². The maximum atomic E-state index is 2.49. The number of fused-ring (bicyclic) bond motifs is 9. The van der Waals surface area contributed by atoms with Crippen LogP contribution in [0.5, 0.6) is 0 Å². The first kappa shape index (κ1) is 26.0. The zero-order valence-electron chi connectivity index (χ0n) is 25.8. The van der Waals surface area contributed by atoms with E-state index in [9.17, 15) is 0 Å². The van der Waals surface area contributed by atoms with Crippen LogP contribution in [-0.4, -0.2) is 0 Å². The van der Waals surface area contributed by atoms with Crippen molar-refractivity contribution in [3.05, 3.63) is 157 Å². The third kappa shape index (κ3) is 3.49. The Morgan fingerprint density at radius 3 is 1.76 bits per heavy atom. The molecule has 0 amide bonds. The third-order valence-electron chi connectivity index (χ3n) is 10.4. The maximum Gasteiger partial charge on any atom is 0.0355 e. The smallest absolute Gasteiger partial charge is 0.0355 e. The number of benzene rings is 8. The predicted octanol–water partition coefficient (Wildman–Crippen LogP) is 13.2. The van der Waals surface area contributed by atoms with E-state index in [0.29, 0.717) is 0 Å². The van der Waals surface area contributed by atoms with Gasteiger partial charge in [0, 0.05) is 25.6 Å². The molecule has 0 spiro atoms. The molecule has 9 aromatic rings. The summed E-state index contributed by atoms with van der Waals surface area (Å²) in [4.78, 5) is 0. The summed E-state index contributed by atoms with van der Waals surface area (Å²) in [5.41, 5.74) is 10.7. The third-order valence-corrected chi connectivity index (χ3v) is 11.6. The normalized spacial score (nSPS) is 13.6. The molecule has 0 saturated carbocycles. The fourth-order valence-electron chi connectivity index (χ4n) is 8.30. The van der Waals surface area contributed by atoms with E-state index >= 15 is 0 Å². The minimum absolute atomic E-state index is 0.0499. The van der Waals surface area contributed by atoms with Gasteiger partial charge in [-0.25, -0.2) is 0 Å². The van der Waals surface area contributed by atoms with Gasteiger partial charge in [0.15, 0.2) is 0 Å². The molecule has 1 aliphatic carbocycles. The quantitative estimate of drug-likeness (QED) is 0.173. The van der Waals surface area contributed by atoms with E-state index in [4.69, 9.17) is 0 Å². The first-order chi connectivity index (χ1) is 22.6. The Labute approximate surface area is 272 Å². The summed E-state index contributed by atoms with van der Waals surface area (Å²) in [6.07, 6.45) is 0. The van der Waals surface area contributed by atoms with E-state index < -0.39 is 0 Å². The molecule has 0 N–H and O–H groups in total. The van der Waals surface area contributed by atoms with Crippen molar-refractivity contribution in [3.8, 4) is 33.4 Å². The van der Waals surface area contributed by atoms with Gasteiger partial charge in [-0.2, -0.15) is 0 Å². The Morgan fingerprint density at radius 2 is 1.00 bits per heavy atom. The van der Waals surface area contributed by atoms with Crippen LogP contribution in [0.15, 0.2) is 146 Å². The second-order valence-corrected chi connectivity index (χ2v) is 14.3. The lowest BCUT2D eigenvalue weighted by atomic mass is 9.80. The fraction of sp³-hybridized carbons (Fsp3) is 0.0667. The van der Waals surface area contributed by atoms with Crippen molar-refractivity contribution in [1.82, 2.24) is 0 Å². The Hall–Kier alpha value is -5.24. The first-order valence-corrected chi connectivity index (χ1v) is 16.9. The lowest BCUT2D eigenvalue weighted by Gasteiger charge is -2.23. The van der Waals surface area contributed by atoms with Crippen molar-refractivity contribution in [1.29, 1.82) is 0 Å². The van der Waals surface area contributed by atoms with E-state index in [2.05, 4.69) is 159 Å². The van der Waals surface area contributed by atoms with Crippen LogP contribution in [0.4, 0.5) is 0 Å². The van der Waals surface area contributed by atoms with Crippen LogP contribution in [0, 0.1) is 0 Å². The highest BCUT2D eigenvalue weighted by Gasteiger charge is 2.35. The molecule has 1 heteroatoms. The van der Waals surface area contributed by atoms with E-state index in [1.807, 2.05) is 11.3 Å². The first-order valence-electron chi connectivity index (χ1n) is 16.1.